The monoisotopic (exact) mass is 373 g/mol. The molecule has 2 aromatic heterocycles. The number of rotatable bonds is 5. The van der Waals surface area contributed by atoms with Gasteiger partial charge in [-0.1, -0.05) is 29.7 Å². The molecule has 0 unspecified atom stereocenters. The fourth-order valence-corrected chi connectivity index (χ4v) is 3.39. The Kier molecular flexibility index (Phi) is 4.66. The molecule has 0 aliphatic rings. The van der Waals surface area contributed by atoms with Crippen LogP contribution in [0.25, 0.3) is 11.0 Å². The molecular formula is C17H16ClN5OS. The van der Waals surface area contributed by atoms with Crippen molar-refractivity contribution in [3.05, 3.63) is 47.2 Å². The summed E-state index contributed by atoms with van der Waals surface area (Å²) < 4.78 is 20.9. The van der Waals surface area contributed by atoms with E-state index in [1.54, 1.807) is 23.0 Å². The summed E-state index contributed by atoms with van der Waals surface area (Å²) >= 11 is 6.24. The van der Waals surface area contributed by atoms with Crippen molar-refractivity contribution < 1.29 is 4.21 Å². The van der Waals surface area contributed by atoms with Crippen LogP contribution in [-0.2, 0) is 22.8 Å². The average Bonchev–Trinajstić information content (AvgIpc) is 2.90. The number of halogens is 1. The van der Waals surface area contributed by atoms with Gasteiger partial charge in [0.1, 0.15) is 6.54 Å². The van der Waals surface area contributed by atoms with Crippen molar-refractivity contribution in [1.82, 2.24) is 14.8 Å². The highest BCUT2D eigenvalue weighted by molar-refractivity contribution is 7.91. The molecule has 2 N–H and O–H groups in total. The van der Waals surface area contributed by atoms with E-state index in [0.29, 0.717) is 28.8 Å². The standard InChI is InChI=1S/C17H16ClN5OS/c1-3-10-23-17-15(16(18)22-23)14(8-9-20-17)21-11-12-4-6-13(7-5-12)25(2,19)24/h1,4-9,19H,10-11H2,2H3,(H,20,21)/t25-/m0/s1. The maximum Gasteiger partial charge on any atom is 0.162 e. The summed E-state index contributed by atoms with van der Waals surface area (Å²) in [4.78, 5) is 4.82. The first-order valence-electron chi connectivity index (χ1n) is 7.41. The van der Waals surface area contributed by atoms with Gasteiger partial charge in [0.2, 0.25) is 0 Å². The molecule has 0 fully saturated rings. The Morgan fingerprint density at radius 3 is 2.72 bits per heavy atom. The second kappa shape index (κ2) is 6.75. The van der Waals surface area contributed by atoms with E-state index in [0.717, 1.165) is 16.6 Å². The van der Waals surface area contributed by atoms with Gasteiger partial charge in [-0.05, 0) is 23.8 Å². The maximum absolute atomic E-state index is 11.7. The van der Waals surface area contributed by atoms with Crippen LogP contribution in [0.1, 0.15) is 5.56 Å². The summed E-state index contributed by atoms with van der Waals surface area (Å²) in [5.74, 6) is 2.53. The molecule has 0 aliphatic heterocycles. The highest BCUT2D eigenvalue weighted by Crippen LogP contribution is 2.29. The molecule has 0 saturated heterocycles. The number of hydrogen-bond donors (Lipinski definition) is 2. The molecule has 8 heteroatoms. The van der Waals surface area contributed by atoms with Crippen LogP contribution in [0.3, 0.4) is 0 Å². The fraction of sp³-hybridized carbons (Fsp3) is 0.176. The fourth-order valence-electron chi connectivity index (χ4n) is 2.46. The van der Waals surface area contributed by atoms with E-state index in [1.807, 2.05) is 18.2 Å². The number of fused-ring (bicyclic) bond motifs is 1. The van der Waals surface area contributed by atoms with Crippen LogP contribution in [-0.4, -0.2) is 25.2 Å². The van der Waals surface area contributed by atoms with E-state index in [1.165, 1.54) is 6.26 Å². The van der Waals surface area contributed by atoms with Gasteiger partial charge in [-0.15, -0.1) is 6.42 Å². The Hall–Kier alpha value is -2.56. The molecule has 2 heterocycles. The quantitative estimate of drug-likeness (QED) is 0.671. The molecule has 25 heavy (non-hydrogen) atoms. The van der Waals surface area contributed by atoms with Gasteiger partial charge in [0, 0.05) is 23.9 Å². The van der Waals surface area contributed by atoms with E-state index in [-0.39, 0.29) is 0 Å². The lowest BCUT2D eigenvalue weighted by Crippen LogP contribution is -2.02. The molecular weight excluding hydrogens is 358 g/mol. The highest BCUT2D eigenvalue weighted by Gasteiger charge is 2.13. The SMILES string of the molecule is C#CCn1nc(Cl)c2c(NCc3ccc([S@@](C)(=N)=O)cc3)ccnc21. The van der Waals surface area contributed by atoms with Crippen molar-refractivity contribution in [1.29, 1.82) is 4.78 Å². The van der Waals surface area contributed by atoms with Crippen LogP contribution in [0, 0.1) is 17.1 Å². The number of aromatic nitrogens is 3. The normalized spacial score (nSPS) is 13.3. The number of benzene rings is 1. The first-order chi connectivity index (χ1) is 11.9. The zero-order valence-electron chi connectivity index (χ0n) is 13.5. The molecule has 3 aromatic rings. The van der Waals surface area contributed by atoms with Crippen molar-refractivity contribution in [2.45, 2.75) is 18.0 Å². The largest absolute Gasteiger partial charge is 0.380 e. The number of nitrogens with one attached hydrogen (secondary N) is 2. The predicted octanol–water partition coefficient (Wildman–Crippen LogP) is 3.37. The minimum atomic E-state index is -2.70. The first kappa shape index (κ1) is 17.3. The van der Waals surface area contributed by atoms with Crippen LogP contribution in [0.5, 0.6) is 0 Å². The third kappa shape index (κ3) is 3.60. The van der Waals surface area contributed by atoms with Crippen LogP contribution in [0.15, 0.2) is 41.4 Å². The molecule has 0 radical (unpaired) electrons. The maximum atomic E-state index is 11.7. The zero-order valence-corrected chi connectivity index (χ0v) is 15.1. The van der Waals surface area contributed by atoms with Crippen molar-refractivity contribution in [2.24, 2.45) is 0 Å². The van der Waals surface area contributed by atoms with E-state index < -0.39 is 9.73 Å². The van der Waals surface area contributed by atoms with Gasteiger partial charge in [-0.2, -0.15) is 5.10 Å². The number of nitrogens with zero attached hydrogens (tertiary/aromatic N) is 3. The van der Waals surface area contributed by atoms with Gasteiger partial charge in [-0.3, -0.25) is 0 Å². The lowest BCUT2D eigenvalue weighted by atomic mass is 10.2. The lowest BCUT2D eigenvalue weighted by molar-refractivity contribution is 0.679. The summed E-state index contributed by atoms with van der Waals surface area (Å²) in [7, 11) is -2.70. The summed E-state index contributed by atoms with van der Waals surface area (Å²) in [6.07, 6.45) is 8.42. The smallest absolute Gasteiger partial charge is 0.162 e. The molecule has 0 spiro atoms. The topological polar surface area (TPSA) is 83.7 Å². The van der Waals surface area contributed by atoms with Gasteiger partial charge >= 0.3 is 0 Å². The Morgan fingerprint density at radius 1 is 1.36 bits per heavy atom. The van der Waals surface area contributed by atoms with Gasteiger partial charge in [0.05, 0.1) is 20.8 Å². The highest BCUT2D eigenvalue weighted by atomic mass is 35.5. The summed E-state index contributed by atoms with van der Waals surface area (Å²) in [5, 5.41) is 8.59. The number of hydrogen-bond acceptors (Lipinski definition) is 5. The van der Waals surface area contributed by atoms with Gasteiger partial charge in [0.15, 0.2) is 10.8 Å². The van der Waals surface area contributed by atoms with Crippen molar-refractivity contribution >= 4 is 38.1 Å². The summed E-state index contributed by atoms with van der Waals surface area (Å²) in [6, 6.07) is 8.95. The van der Waals surface area contributed by atoms with E-state index in [2.05, 4.69) is 21.3 Å². The average molecular weight is 374 g/mol. The van der Waals surface area contributed by atoms with E-state index in [4.69, 9.17) is 22.8 Å². The summed E-state index contributed by atoms with van der Waals surface area (Å²) in [6.45, 7) is 0.837. The van der Waals surface area contributed by atoms with Crippen LogP contribution < -0.4 is 5.32 Å². The Labute approximate surface area is 151 Å². The van der Waals surface area contributed by atoms with Crippen LogP contribution in [0.2, 0.25) is 5.15 Å². The first-order valence-corrected chi connectivity index (χ1v) is 9.75. The van der Waals surface area contributed by atoms with Crippen molar-refractivity contribution in [3.63, 3.8) is 0 Å². The van der Waals surface area contributed by atoms with Crippen LogP contribution in [0.4, 0.5) is 5.69 Å². The lowest BCUT2D eigenvalue weighted by Gasteiger charge is -2.09. The van der Waals surface area contributed by atoms with Gasteiger partial charge in [0.25, 0.3) is 0 Å². The molecule has 3 rings (SSSR count). The minimum absolute atomic E-state index is 0.296. The van der Waals surface area contributed by atoms with Gasteiger partial charge in [-0.25, -0.2) is 18.7 Å². The molecule has 0 bridgehead atoms. The molecule has 0 amide bonds. The molecule has 128 valence electrons. The Morgan fingerprint density at radius 2 is 2.08 bits per heavy atom. The second-order valence-electron chi connectivity index (χ2n) is 5.55. The number of pyridine rings is 1. The van der Waals surface area contributed by atoms with E-state index >= 15 is 0 Å². The Balaban J connectivity index is 1.85. The van der Waals surface area contributed by atoms with Crippen molar-refractivity contribution in [3.8, 4) is 12.3 Å². The third-order valence-corrected chi connectivity index (χ3v) is 5.12. The number of terminal acetylenes is 1. The second-order valence-corrected chi connectivity index (χ2v) is 8.07. The van der Waals surface area contributed by atoms with Crippen LogP contribution >= 0.6 is 11.6 Å². The van der Waals surface area contributed by atoms with E-state index in [9.17, 15) is 4.21 Å². The number of anilines is 1. The molecule has 1 aromatic carbocycles. The molecule has 6 nitrogen and oxygen atoms in total. The minimum Gasteiger partial charge on any atom is -0.380 e. The molecule has 0 saturated carbocycles. The molecule has 1 atom stereocenters. The van der Waals surface area contributed by atoms with Crippen molar-refractivity contribution in [2.75, 3.05) is 11.6 Å². The predicted molar refractivity (Wildman–Crippen MR) is 100 cm³/mol. The molecule has 0 aliphatic carbocycles. The Bertz CT molecular complexity index is 1060. The van der Waals surface area contributed by atoms with Gasteiger partial charge < -0.3 is 5.32 Å². The summed E-state index contributed by atoms with van der Waals surface area (Å²) in [5.41, 5.74) is 2.43. The third-order valence-electron chi connectivity index (χ3n) is 3.69. The zero-order chi connectivity index (χ0) is 18.0.